The first-order valence-corrected chi connectivity index (χ1v) is 7.19. The third kappa shape index (κ3) is 4.08. The van der Waals surface area contributed by atoms with Crippen LogP contribution in [-0.2, 0) is 6.54 Å². The van der Waals surface area contributed by atoms with E-state index in [2.05, 4.69) is 14.7 Å². The standard InChI is InChI=1S/C13H16ClN3OS/c1-8(2)18-12-6-11(14)5-4-10(12)7-15-13-16-9(3)17-19-13/h4-6,8H,7H2,1-3H3,(H,15,16,17). The lowest BCUT2D eigenvalue weighted by Gasteiger charge is -2.14. The third-order valence-corrected chi connectivity index (χ3v) is 3.35. The second kappa shape index (κ2) is 6.21. The summed E-state index contributed by atoms with van der Waals surface area (Å²) in [7, 11) is 0. The number of hydrogen-bond acceptors (Lipinski definition) is 5. The molecule has 102 valence electrons. The number of nitrogens with zero attached hydrogens (tertiary/aromatic N) is 2. The maximum absolute atomic E-state index is 6.00. The molecule has 0 radical (unpaired) electrons. The second-order valence-electron chi connectivity index (χ2n) is 4.42. The quantitative estimate of drug-likeness (QED) is 0.909. The number of aromatic nitrogens is 2. The first kappa shape index (κ1) is 14.1. The van der Waals surface area contributed by atoms with Gasteiger partial charge in [0.2, 0.25) is 5.13 Å². The number of ether oxygens (including phenoxy) is 1. The summed E-state index contributed by atoms with van der Waals surface area (Å²) in [4.78, 5) is 4.26. The molecule has 1 aromatic heterocycles. The van der Waals surface area contributed by atoms with Crippen molar-refractivity contribution in [3.8, 4) is 5.75 Å². The van der Waals surface area contributed by atoms with E-state index in [0.29, 0.717) is 11.6 Å². The highest BCUT2D eigenvalue weighted by Gasteiger charge is 2.08. The van der Waals surface area contributed by atoms with Gasteiger partial charge in [0.05, 0.1) is 6.10 Å². The third-order valence-electron chi connectivity index (χ3n) is 2.35. The Balaban J connectivity index is 2.10. The molecule has 0 aliphatic carbocycles. The SMILES string of the molecule is Cc1nsc(NCc2ccc(Cl)cc2OC(C)C)n1. The summed E-state index contributed by atoms with van der Waals surface area (Å²) in [6.45, 7) is 6.49. The lowest BCUT2D eigenvalue weighted by molar-refractivity contribution is 0.240. The van der Waals surface area contributed by atoms with Gasteiger partial charge in [-0.1, -0.05) is 17.7 Å². The van der Waals surface area contributed by atoms with Crippen LogP contribution >= 0.6 is 23.1 Å². The Hall–Kier alpha value is -1.33. The molecule has 0 unspecified atom stereocenters. The number of halogens is 1. The average molecular weight is 298 g/mol. The highest BCUT2D eigenvalue weighted by molar-refractivity contribution is 7.09. The summed E-state index contributed by atoms with van der Waals surface area (Å²) in [5.74, 6) is 1.58. The van der Waals surface area contributed by atoms with E-state index in [1.54, 1.807) is 0 Å². The fourth-order valence-corrected chi connectivity index (χ4v) is 2.31. The van der Waals surface area contributed by atoms with Crippen LogP contribution in [0.2, 0.25) is 5.02 Å². The van der Waals surface area contributed by atoms with Crippen molar-refractivity contribution in [2.75, 3.05) is 5.32 Å². The fraction of sp³-hybridized carbons (Fsp3) is 0.385. The minimum Gasteiger partial charge on any atom is -0.491 e. The van der Waals surface area contributed by atoms with E-state index in [0.717, 1.165) is 22.3 Å². The van der Waals surface area contributed by atoms with E-state index < -0.39 is 0 Å². The van der Waals surface area contributed by atoms with Gasteiger partial charge in [-0.05, 0) is 32.9 Å². The molecule has 2 rings (SSSR count). The molecule has 0 amide bonds. The molecular weight excluding hydrogens is 282 g/mol. The predicted octanol–water partition coefficient (Wildman–Crippen LogP) is 3.90. The molecule has 6 heteroatoms. The van der Waals surface area contributed by atoms with E-state index in [1.807, 2.05) is 39.0 Å². The minimum atomic E-state index is 0.112. The average Bonchev–Trinajstić information content (AvgIpc) is 2.73. The number of rotatable bonds is 5. The van der Waals surface area contributed by atoms with E-state index in [1.165, 1.54) is 11.5 Å². The van der Waals surface area contributed by atoms with Gasteiger partial charge in [-0.3, -0.25) is 0 Å². The molecule has 0 bridgehead atoms. The molecule has 19 heavy (non-hydrogen) atoms. The van der Waals surface area contributed by atoms with Gasteiger partial charge in [0.15, 0.2) is 0 Å². The molecule has 0 fully saturated rings. The Morgan fingerprint density at radius 3 is 2.84 bits per heavy atom. The van der Waals surface area contributed by atoms with E-state index in [4.69, 9.17) is 16.3 Å². The van der Waals surface area contributed by atoms with Gasteiger partial charge in [0.1, 0.15) is 11.6 Å². The van der Waals surface area contributed by atoms with Gasteiger partial charge in [0, 0.05) is 28.7 Å². The Morgan fingerprint density at radius 2 is 2.21 bits per heavy atom. The Morgan fingerprint density at radius 1 is 1.42 bits per heavy atom. The summed E-state index contributed by atoms with van der Waals surface area (Å²) in [6.07, 6.45) is 0.112. The monoisotopic (exact) mass is 297 g/mol. The molecule has 0 atom stereocenters. The lowest BCUT2D eigenvalue weighted by Crippen LogP contribution is -2.09. The van der Waals surface area contributed by atoms with Crippen LogP contribution in [0.3, 0.4) is 0 Å². The van der Waals surface area contributed by atoms with Crippen molar-refractivity contribution in [2.24, 2.45) is 0 Å². The Bertz CT molecular complexity index is 557. The second-order valence-corrected chi connectivity index (χ2v) is 5.61. The molecule has 1 N–H and O–H groups in total. The molecule has 4 nitrogen and oxygen atoms in total. The highest BCUT2D eigenvalue weighted by atomic mass is 35.5. The summed E-state index contributed by atoms with van der Waals surface area (Å²) in [5, 5.41) is 4.72. The van der Waals surface area contributed by atoms with E-state index in [-0.39, 0.29) is 6.10 Å². The zero-order chi connectivity index (χ0) is 13.8. The predicted molar refractivity (Wildman–Crippen MR) is 79.2 cm³/mol. The molecule has 2 aromatic rings. The van der Waals surface area contributed by atoms with Crippen molar-refractivity contribution in [3.05, 3.63) is 34.6 Å². The summed E-state index contributed by atoms with van der Waals surface area (Å²) < 4.78 is 9.89. The number of hydrogen-bond donors (Lipinski definition) is 1. The zero-order valence-corrected chi connectivity index (χ0v) is 12.7. The smallest absolute Gasteiger partial charge is 0.202 e. The van der Waals surface area contributed by atoms with Crippen LogP contribution in [0, 0.1) is 6.92 Å². The summed E-state index contributed by atoms with van der Waals surface area (Å²) in [6, 6.07) is 5.65. The van der Waals surface area contributed by atoms with Gasteiger partial charge in [0.25, 0.3) is 0 Å². The highest BCUT2D eigenvalue weighted by Crippen LogP contribution is 2.25. The fourth-order valence-electron chi connectivity index (χ4n) is 1.58. The van der Waals surface area contributed by atoms with Crippen molar-refractivity contribution in [2.45, 2.75) is 33.4 Å². The number of anilines is 1. The molecule has 1 heterocycles. The first-order chi connectivity index (χ1) is 9.04. The van der Waals surface area contributed by atoms with Crippen molar-refractivity contribution in [3.63, 3.8) is 0 Å². The minimum absolute atomic E-state index is 0.112. The van der Waals surface area contributed by atoms with Crippen LogP contribution in [0.1, 0.15) is 25.2 Å². The Kier molecular flexibility index (Phi) is 4.61. The van der Waals surface area contributed by atoms with Crippen molar-refractivity contribution < 1.29 is 4.74 Å². The van der Waals surface area contributed by atoms with Gasteiger partial charge in [-0.25, -0.2) is 4.98 Å². The van der Waals surface area contributed by atoms with Crippen LogP contribution in [-0.4, -0.2) is 15.5 Å². The number of nitrogens with one attached hydrogen (secondary N) is 1. The maximum atomic E-state index is 6.00. The van der Waals surface area contributed by atoms with Gasteiger partial charge < -0.3 is 10.1 Å². The van der Waals surface area contributed by atoms with Crippen LogP contribution in [0.15, 0.2) is 18.2 Å². The van der Waals surface area contributed by atoms with Crippen molar-refractivity contribution in [1.82, 2.24) is 9.36 Å². The van der Waals surface area contributed by atoms with Crippen molar-refractivity contribution in [1.29, 1.82) is 0 Å². The normalized spacial score (nSPS) is 10.8. The van der Waals surface area contributed by atoms with Crippen LogP contribution in [0.5, 0.6) is 5.75 Å². The molecule has 0 spiro atoms. The molecule has 0 saturated heterocycles. The van der Waals surface area contributed by atoms with E-state index >= 15 is 0 Å². The zero-order valence-electron chi connectivity index (χ0n) is 11.1. The number of aryl methyl sites for hydroxylation is 1. The molecule has 0 aliphatic heterocycles. The lowest BCUT2D eigenvalue weighted by atomic mass is 10.2. The Labute approximate surface area is 122 Å². The van der Waals surface area contributed by atoms with Crippen LogP contribution < -0.4 is 10.1 Å². The summed E-state index contributed by atoms with van der Waals surface area (Å²) in [5.41, 5.74) is 1.05. The molecule has 1 aromatic carbocycles. The number of benzene rings is 1. The molecular formula is C13H16ClN3OS. The van der Waals surface area contributed by atoms with Gasteiger partial charge in [-0.15, -0.1) is 0 Å². The maximum Gasteiger partial charge on any atom is 0.202 e. The van der Waals surface area contributed by atoms with Crippen molar-refractivity contribution >= 4 is 28.3 Å². The van der Waals surface area contributed by atoms with Gasteiger partial charge >= 0.3 is 0 Å². The van der Waals surface area contributed by atoms with E-state index in [9.17, 15) is 0 Å². The van der Waals surface area contributed by atoms with Crippen LogP contribution in [0.25, 0.3) is 0 Å². The molecule has 0 aliphatic rings. The largest absolute Gasteiger partial charge is 0.491 e. The van der Waals surface area contributed by atoms with Crippen LogP contribution in [0.4, 0.5) is 5.13 Å². The topological polar surface area (TPSA) is 47.0 Å². The first-order valence-electron chi connectivity index (χ1n) is 6.04. The molecule has 0 saturated carbocycles. The summed E-state index contributed by atoms with van der Waals surface area (Å²) >= 11 is 7.35. The van der Waals surface area contributed by atoms with Gasteiger partial charge in [-0.2, -0.15) is 4.37 Å².